The number of nitrogens with zero attached hydrogens (tertiary/aromatic N) is 1. The van der Waals surface area contributed by atoms with E-state index < -0.39 is 0 Å². The number of nitrogens with two attached hydrogens (primary N) is 1. The molecule has 4 aliphatic rings. The number of amides is 1. The molecule has 0 unspecified atom stereocenters. The van der Waals surface area contributed by atoms with Gasteiger partial charge in [-0.25, -0.2) is 5.43 Å². The summed E-state index contributed by atoms with van der Waals surface area (Å²) in [5.74, 6) is 2.51. The molecule has 4 fully saturated rings. The normalized spacial score (nSPS) is 35.3. The Bertz CT molecular complexity index is 612. The van der Waals surface area contributed by atoms with Gasteiger partial charge in [0.05, 0.1) is 0 Å². The Morgan fingerprint density at radius 3 is 2.13 bits per heavy atom. The van der Waals surface area contributed by atoms with E-state index in [9.17, 15) is 4.79 Å². The molecule has 5 rings (SSSR count). The number of hydrazone groups is 1. The number of nitrogen functional groups attached to an aromatic ring is 1. The van der Waals surface area contributed by atoms with Crippen LogP contribution in [0.25, 0.3) is 0 Å². The van der Waals surface area contributed by atoms with Crippen LogP contribution in [-0.4, -0.2) is 11.6 Å². The maximum absolute atomic E-state index is 12.2. The van der Waals surface area contributed by atoms with Crippen molar-refractivity contribution in [2.75, 3.05) is 5.73 Å². The Morgan fingerprint density at radius 1 is 1.09 bits per heavy atom. The standard InChI is InChI=1S/C19H25N3O/c1-12(21-22-18(23)16-2-4-17(20)5-3-16)19-9-13-6-14(10-19)8-15(7-13)11-19/h2-5,13-15H,6-11,20H2,1H3,(H,22,23)/b21-12-. The predicted molar refractivity (Wildman–Crippen MR) is 92.0 cm³/mol. The second kappa shape index (κ2) is 5.36. The smallest absolute Gasteiger partial charge is 0.271 e. The van der Waals surface area contributed by atoms with Crippen molar-refractivity contribution in [1.82, 2.24) is 5.43 Å². The average molecular weight is 311 g/mol. The summed E-state index contributed by atoms with van der Waals surface area (Å²) < 4.78 is 0. The van der Waals surface area contributed by atoms with E-state index >= 15 is 0 Å². The fourth-order valence-corrected chi connectivity index (χ4v) is 5.51. The third-order valence-electron chi connectivity index (χ3n) is 6.30. The van der Waals surface area contributed by atoms with Crippen LogP contribution in [0, 0.1) is 23.2 Å². The van der Waals surface area contributed by atoms with Crippen molar-refractivity contribution >= 4 is 17.3 Å². The van der Waals surface area contributed by atoms with Gasteiger partial charge in [-0.05, 0) is 87.5 Å². The van der Waals surface area contributed by atoms with Crippen molar-refractivity contribution in [3.63, 3.8) is 0 Å². The molecule has 0 heterocycles. The highest BCUT2D eigenvalue weighted by atomic mass is 16.2. The molecule has 4 nitrogen and oxygen atoms in total. The predicted octanol–water partition coefficient (Wildman–Crippen LogP) is 3.59. The second-order valence-electron chi connectivity index (χ2n) is 7.96. The number of rotatable bonds is 3. The molecule has 1 aromatic carbocycles. The van der Waals surface area contributed by atoms with E-state index in [4.69, 9.17) is 5.73 Å². The van der Waals surface area contributed by atoms with Crippen LogP contribution in [0.1, 0.15) is 55.8 Å². The third kappa shape index (κ3) is 2.64. The molecule has 4 aliphatic carbocycles. The summed E-state index contributed by atoms with van der Waals surface area (Å²) in [4.78, 5) is 12.2. The lowest BCUT2D eigenvalue weighted by atomic mass is 9.48. The minimum Gasteiger partial charge on any atom is -0.399 e. The van der Waals surface area contributed by atoms with Crippen molar-refractivity contribution in [2.24, 2.45) is 28.3 Å². The Balaban J connectivity index is 1.48. The average Bonchev–Trinajstić information content (AvgIpc) is 2.51. The van der Waals surface area contributed by atoms with Gasteiger partial charge in [0.25, 0.3) is 5.91 Å². The highest BCUT2D eigenvalue weighted by molar-refractivity contribution is 5.96. The molecular weight excluding hydrogens is 286 g/mol. The highest BCUT2D eigenvalue weighted by Crippen LogP contribution is 2.60. The van der Waals surface area contributed by atoms with Crippen molar-refractivity contribution in [3.05, 3.63) is 29.8 Å². The number of anilines is 1. The van der Waals surface area contributed by atoms with Gasteiger partial charge in [0, 0.05) is 22.4 Å². The van der Waals surface area contributed by atoms with E-state index in [-0.39, 0.29) is 11.3 Å². The SMILES string of the molecule is C/C(=N/NC(=O)c1ccc(N)cc1)C12CC3CC(CC(C3)C1)C2. The van der Waals surface area contributed by atoms with Gasteiger partial charge >= 0.3 is 0 Å². The molecule has 0 atom stereocenters. The molecule has 4 bridgehead atoms. The van der Waals surface area contributed by atoms with Crippen molar-refractivity contribution < 1.29 is 4.79 Å². The topological polar surface area (TPSA) is 67.5 Å². The molecule has 1 aromatic rings. The van der Waals surface area contributed by atoms with Crippen LogP contribution < -0.4 is 11.2 Å². The lowest BCUT2D eigenvalue weighted by Gasteiger charge is -2.56. The van der Waals surface area contributed by atoms with Crippen LogP contribution in [0.15, 0.2) is 29.4 Å². The maximum Gasteiger partial charge on any atom is 0.271 e. The first kappa shape index (κ1) is 14.7. The van der Waals surface area contributed by atoms with Crippen molar-refractivity contribution in [2.45, 2.75) is 45.4 Å². The van der Waals surface area contributed by atoms with Gasteiger partial charge in [-0.3, -0.25) is 4.79 Å². The number of carbonyl (C=O) groups is 1. The van der Waals surface area contributed by atoms with Crippen LogP contribution in [0.2, 0.25) is 0 Å². The first-order valence-electron chi connectivity index (χ1n) is 8.75. The summed E-state index contributed by atoms with van der Waals surface area (Å²) in [6.07, 6.45) is 8.07. The zero-order valence-corrected chi connectivity index (χ0v) is 13.7. The van der Waals surface area contributed by atoms with Crippen LogP contribution in [0.3, 0.4) is 0 Å². The first-order valence-corrected chi connectivity index (χ1v) is 8.75. The fourth-order valence-electron chi connectivity index (χ4n) is 5.51. The molecule has 0 aliphatic heterocycles. The number of hydrogen-bond donors (Lipinski definition) is 2. The van der Waals surface area contributed by atoms with E-state index in [2.05, 4.69) is 17.5 Å². The number of hydrogen-bond acceptors (Lipinski definition) is 3. The van der Waals surface area contributed by atoms with E-state index in [1.54, 1.807) is 24.3 Å². The molecule has 0 saturated heterocycles. The molecule has 0 spiro atoms. The minimum atomic E-state index is -0.158. The first-order chi connectivity index (χ1) is 11.0. The summed E-state index contributed by atoms with van der Waals surface area (Å²) in [5, 5.41) is 4.50. The number of carbonyl (C=O) groups excluding carboxylic acids is 1. The summed E-state index contributed by atoms with van der Waals surface area (Å²) in [5.41, 5.74) is 11.0. The number of benzene rings is 1. The summed E-state index contributed by atoms with van der Waals surface area (Å²) in [6, 6.07) is 6.95. The van der Waals surface area contributed by atoms with Crippen LogP contribution in [0.4, 0.5) is 5.69 Å². The molecule has 0 aromatic heterocycles. The van der Waals surface area contributed by atoms with Crippen molar-refractivity contribution in [3.8, 4) is 0 Å². The molecule has 4 saturated carbocycles. The molecule has 3 N–H and O–H groups in total. The number of nitrogens with one attached hydrogen (secondary N) is 1. The third-order valence-corrected chi connectivity index (χ3v) is 6.30. The quantitative estimate of drug-likeness (QED) is 0.509. The molecule has 0 radical (unpaired) electrons. The molecule has 23 heavy (non-hydrogen) atoms. The van der Waals surface area contributed by atoms with Gasteiger partial charge in [-0.15, -0.1) is 0 Å². The summed E-state index contributed by atoms with van der Waals surface area (Å²) >= 11 is 0. The Morgan fingerprint density at radius 2 is 1.61 bits per heavy atom. The Hall–Kier alpha value is -1.84. The van der Waals surface area contributed by atoms with Gasteiger partial charge in [-0.2, -0.15) is 5.10 Å². The van der Waals surface area contributed by atoms with E-state index in [0.29, 0.717) is 11.3 Å². The highest BCUT2D eigenvalue weighted by Gasteiger charge is 2.52. The lowest BCUT2D eigenvalue weighted by Crippen LogP contribution is -2.49. The van der Waals surface area contributed by atoms with E-state index in [0.717, 1.165) is 23.5 Å². The summed E-state index contributed by atoms with van der Waals surface area (Å²) in [6.45, 7) is 2.11. The second-order valence-corrected chi connectivity index (χ2v) is 7.96. The van der Waals surface area contributed by atoms with Gasteiger partial charge in [0.1, 0.15) is 0 Å². The van der Waals surface area contributed by atoms with Crippen LogP contribution >= 0.6 is 0 Å². The largest absolute Gasteiger partial charge is 0.399 e. The van der Waals surface area contributed by atoms with Crippen molar-refractivity contribution in [1.29, 1.82) is 0 Å². The van der Waals surface area contributed by atoms with Gasteiger partial charge < -0.3 is 5.73 Å². The Kier molecular flexibility index (Phi) is 3.43. The zero-order chi connectivity index (χ0) is 16.0. The van der Waals surface area contributed by atoms with E-state index in [1.807, 2.05) is 0 Å². The van der Waals surface area contributed by atoms with Gasteiger partial charge in [-0.1, -0.05) is 0 Å². The zero-order valence-electron chi connectivity index (χ0n) is 13.7. The van der Waals surface area contributed by atoms with E-state index in [1.165, 1.54) is 38.5 Å². The fraction of sp³-hybridized carbons (Fsp3) is 0.579. The molecule has 1 amide bonds. The van der Waals surface area contributed by atoms with Gasteiger partial charge in [0.15, 0.2) is 0 Å². The van der Waals surface area contributed by atoms with Crippen LogP contribution in [0.5, 0.6) is 0 Å². The maximum atomic E-state index is 12.2. The monoisotopic (exact) mass is 311 g/mol. The molecular formula is C19H25N3O. The van der Waals surface area contributed by atoms with Crippen LogP contribution in [-0.2, 0) is 0 Å². The molecule has 122 valence electrons. The Labute approximate surface area is 137 Å². The summed E-state index contributed by atoms with van der Waals surface area (Å²) in [7, 11) is 0. The van der Waals surface area contributed by atoms with Gasteiger partial charge in [0.2, 0.25) is 0 Å². The minimum absolute atomic E-state index is 0.158. The lowest BCUT2D eigenvalue weighted by molar-refractivity contribution is -0.0128. The molecule has 4 heteroatoms.